The van der Waals surface area contributed by atoms with Crippen molar-refractivity contribution in [3.63, 3.8) is 0 Å². The minimum absolute atomic E-state index is 0.227. The van der Waals surface area contributed by atoms with Gasteiger partial charge < -0.3 is 10.2 Å². The molecule has 104 valence electrons. The van der Waals surface area contributed by atoms with Gasteiger partial charge in [0, 0.05) is 19.1 Å². The molecule has 1 aliphatic heterocycles. The van der Waals surface area contributed by atoms with Crippen LogP contribution in [0.15, 0.2) is 30.3 Å². The second-order valence-electron chi connectivity index (χ2n) is 6.00. The highest BCUT2D eigenvalue weighted by molar-refractivity contribution is 5.83. The van der Waals surface area contributed by atoms with E-state index in [1.165, 1.54) is 5.56 Å². The van der Waals surface area contributed by atoms with E-state index in [2.05, 4.69) is 38.2 Å². The highest BCUT2D eigenvalue weighted by Crippen LogP contribution is 2.28. The van der Waals surface area contributed by atoms with Crippen molar-refractivity contribution >= 4 is 5.91 Å². The Bertz CT molecular complexity index is 422. The lowest BCUT2D eigenvalue weighted by atomic mass is 9.87. The fourth-order valence-corrected chi connectivity index (χ4v) is 2.62. The molecule has 0 spiro atoms. The number of carbonyl (C=O) groups is 1. The van der Waals surface area contributed by atoms with Crippen LogP contribution in [0.5, 0.6) is 0 Å². The van der Waals surface area contributed by atoms with Crippen molar-refractivity contribution in [2.45, 2.75) is 39.8 Å². The number of nitrogens with zero attached hydrogens (tertiary/aromatic N) is 1. The van der Waals surface area contributed by atoms with E-state index >= 15 is 0 Å². The van der Waals surface area contributed by atoms with E-state index in [-0.39, 0.29) is 17.4 Å². The molecule has 1 saturated heterocycles. The molecule has 3 nitrogen and oxygen atoms in total. The third-order valence-corrected chi connectivity index (χ3v) is 3.96. The second-order valence-corrected chi connectivity index (χ2v) is 6.00. The number of amides is 1. The lowest BCUT2D eigenvalue weighted by Crippen LogP contribution is -2.46. The molecule has 1 fully saturated rings. The van der Waals surface area contributed by atoms with E-state index in [9.17, 15) is 4.79 Å². The molecule has 0 bridgehead atoms. The van der Waals surface area contributed by atoms with E-state index in [4.69, 9.17) is 0 Å². The smallest absolute Gasteiger partial charge is 0.230 e. The largest absolute Gasteiger partial charge is 0.335 e. The molecule has 0 aliphatic carbocycles. The van der Waals surface area contributed by atoms with Crippen LogP contribution < -0.4 is 5.32 Å². The molecule has 0 radical (unpaired) electrons. The second kappa shape index (κ2) is 5.74. The number of rotatable bonds is 4. The SMILES string of the molecule is CC(C)N(Cc1ccccc1)C(=O)C1(C)CCNC1. The van der Waals surface area contributed by atoms with Crippen LogP contribution in [-0.2, 0) is 11.3 Å². The van der Waals surface area contributed by atoms with Gasteiger partial charge in [-0.15, -0.1) is 0 Å². The summed E-state index contributed by atoms with van der Waals surface area (Å²) in [6, 6.07) is 10.4. The van der Waals surface area contributed by atoms with Gasteiger partial charge in [-0.2, -0.15) is 0 Å². The van der Waals surface area contributed by atoms with Crippen molar-refractivity contribution < 1.29 is 4.79 Å². The fraction of sp³-hybridized carbons (Fsp3) is 0.562. The molecule has 3 heteroatoms. The Hall–Kier alpha value is -1.35. The molecule has 1 N–H and O–H groups in total. The molecular weight excluding hydrogens is 236 g/mol. The van der Waals surface area contributed by atoms with Crippen LogP contribution in [0.25, 0.3) is 0 Å². The average Bonchev–Trinajstić information content (AvgIpc) is 2.84. The number of benzene rings is 1. The molecule has 1 unspecified atom stereocenters. The van der Waals surface area contributed by atoms with Gasteiger partial charge >= 0.3 is 0 Å². The topological polar surface area (TPSA) is 32.3 Å². The Labute approximate surface area is 116 Å². The number of carbonyl (C=O) groups excluding carboxylic acids is 1. The molecular formula is C16H24N2O. The molecule has 1 atom stereocenters. The predicted molar refractivity (Wildman–Crippen MR) is 77.7 cm³/mol. The minimum Gasteiger partial charge on any atom is -0.335 e. The standard InChI is InChI=1S/C16H24N2O/c1-13(2)18(11-14-7-5-4-6-8-14)15(19)16(3)9-10-17-12-16/h4-8,13,17H,9-12H2,1-3H3. The zero-order chi connectivity index (χ0) is 13.9. The monoisotopic (exact) mass is 260 g/mol. The maximum Gasteiger partial charge on any atom is 0.230 e. The van der Waals surface area contributed by atoms with Gasteiger partial charge in [-0.25, -0.2) is 0 Å². The summed E-state index contributed by atoms with van der Waals surface area (Å²) in [4.78, 5) is 14.8. The maximum atomic E-state index is 12.8. The summed E-state index contributed by atoms with van der Waals surface area (Å²) in [5, 5.41) is 3.30. The normalized spacial score (nSPS) is 22.7. The lowest BCUT2D eigenvalue weighted by molar-refractivity contribution is -0.142. The number of hydrogen-bond donors (Lipinski definition) is 1. The van der Waals surface area contributed by atoms with Gasteiger partial charge in [0.25, 0.3) is 0 Å². The first-order chi connectivity index (χ1) is 9.03. The van der Waals surface area contributed by atoms with Crippen molar-refractivity contribution in [2.75, 3.05) is 13.1 Å². The molecule has 1 amide bonds. The molecule has 1 aliphatic rings. The summed E-state index contributed by atoms with van der Waals surface area (Å²) in [6.45, 7) is 8.70. The van der Waals surface area contributed by atoms with Gasteiger partial charge in [0.15, 0.2) is 0 Å². The highest BCUT2D eigenvalue weighted by Gasteiger charge is 2.39. The molecule has 1 aromatic rings. The van der Waals surface area contributed by atoms with Crippen LogP contribution in [0, 0.1) is 5.41 Å². The molecule has 1 heterocycles. The Morgan fingerprint density at radius 3 is 2.58 bits per heavy atom. The van der Waals surface area contributed by atoms with Gasteiger partial charge in [-0.05, 0) is 39.3 Å². The number of hydrogen-bond acceptors (Lipinski definition) is 2. The van der Waals surface area contributed by atoms with Crippen LogP contribution in [-0.4, -0.2) is 29.9 Å². The summed E-state index contributed by atoms with van der Waals surface area (Å²) >= 11 is 0. The van der Waals surface area contributed by atoms with E-state index in [1.807, 2.05) is 23.1 Å². The molecule has 19 heavy (non-hydrogen) atoms. The van der Waals surface area contributed by atoms with E-state index < -0.39 is 0 Å². The van der Waals surface area contributed by atoms with Crippen molar-refractivity contribution in [3.8, 4) is 0 Å². The van der Waals surface area contributed by atoms with E-state index in [0.717, 1.165) is 19.5 Å². The summed E-state index contributed by atoms with van der Waals surface area (Å²) in [5.74, 6) is 0.274. The third kappa shape index (κ3) is 3.16. The van der Waals surface area contributed by atoms with Crippen LogP contribution in [0.1, 0.15) is 32.8 Å². The Morgan fingerprint density at radius 2 is 2.05 bits per heavy atom. The zero-order valence-corrected chi connectivity index (χ0v) is 12.1. The Kier molecular flexibility index (Phi) is 4.25. The first kappa shape index (κ1) is 14.1. The quantitative estimate of drug-likeness (QED) is 0.901. The van der Waals surface area contributed by atoms with Gasteiger partial charge in [0.05, 0.1) is 5.41 Å². The van der Waals surface area contributed by atoms with Gasteiger partial charge in [-0.3, -0.25) is 4.79 Å². The Morgan fingerprint density at radius 1 is 1.37 bits per heavy atom. The minimum atomic E-state index is -0.237. The third-order valence-electron chi connectivity index (χ3n) is 3.96. The summed E-state index contributed by atoms with van der Waals surface area (Å²) in [5.41, 5.74) is 0.957. The number of nitrogens with one attached hydrogen (secondary N) is 1. The molecule has 0 saturated carbocycles. The van der Waals surface area contributed by atoms with Crippen molar-refractivity contribution in [1.29, 1.82) is 0 Å². The zero-order valence-electron chi connectivity index (χ0n) is 12.1. The Balaban J connectivity index is 2.14. The van der Waals surface area contributed by atoms with Crippen LogP contribution in [0.2, 0.25) is 0 Å². The van der Waals surface area contributed by atoms with Crippen LogP contribution >= 0.6 is 0 Å². The van der Waals surface area contributed by atoms with Gasteiger partial charge in [0.1, 0.15) is 0 Å². The lowest BCUT2D eigenvalue weighted by Gasteiger charge is -2.34. The first-order valence-electron chi connectivity index (χ1n) is 7.09. The summed E-state index contributed by atoms with van der Waals surface area (Å²) in [6.07, 6.45) is 0.934. The summed E-state index contributed by atoms with van der Waals surface area (Å²) in [7, 11) is 0. The molecule has 1 aromatic carbocycles. The van der Waals surface area contributed by atoms with Crippen molar-refractivity contribution in [3.05, 3.63) is 35.9 Å². The molecule has 2 rings (SSSR count). The van der Waals surface area contributed by atoms with Crippen molar-refractivity contribution in [1.82, 2.24) is 10.2 Å². The first-order valence-corrected chi connectivity index (χ1v) is 7.09. The fourth-order valence-electron chi connectivity index (χ4n) is 2.62. The highest BCUT2D eigenvalue weighted by atomic mass is 16.2. The average molecular weight is 260 g/mol. The summed E-state index contributed by atoms with van der Waals surface area (Å²) < 4.78 is 0. The van der Waals surface area contributed by atoms with Crippen LogP contribution in [0.4, 0.5) is 0 Å². The van der Waals surface area contributed by atoms with E-state index in [0.29, 0.717) is 6.54 Å². The predicted octanol–water partition coefficient (Wildman–Crippen LogP) is 2.42. The maximum absolute atomic E-state index is 12.8. The van der Waals surface area contributed by atoms with Crippen LogP contribution in [0.3, 0.4) is 0 Å². The van der Waals surface area contributed by atoms with Gasteiger partial charge in [0.2, 0.25) is 5.91 Å². The van der Waals surface area contributed by atoms with E-state index in [1.54, 1.807) is 0 Å². The van der Waals surface area contributed by atoms with Gasteiger partial charge in [-0.1, -0.05) is 30.3 Å². The van der Waals surface area contributed by atoms with Crippen molar-refractivity contribution in [2.24, 2.45) is 5.41 Å². The molecule has 0 aromatic heterocycles.